The minimum atomic E-state index is 0.0175. The fourth-order valence-corrected chi connectivity index (χ4v) is 4.50. The number of carbonyl (C=O) groups excluding carboxylic acids is 1. The Morgan fingerprint density at radius 3 is 3.03 bits per heavy atom. The van der Waals surface area contributed by atoms with Crippen molar-refractivity contribution in [3.05, 3.63) is 47.0 Å². The summed E-state index contributed by atoms with van der Waals surface area (Å²) in [5, 5.41) is 11.3. The molecule has 2 aromatic rings. The molecule has 2 aromatic heterocycles. The Morgan fingerprint density at radius 2 is 2.14 bits per heavy atom. The third-order valence-corrected chi connectivity index (χ3v) is 6.19. The van der Waals surface area contributed by atoms with Crippen LogP contribution in [-0.4, -0.2) is 51.2 Å². The number of nitrogens with zero attached hydrogens (tertiary/aromatic N) is 4. The molecule has 1 aliphatic carbocycles. The highest BCUT2D eigenvalue weighted by atomic mass is 16.1. The Bertz CT molecular complexity index is 850. The molecule has 1 saturated carbocycles. The van der Waals surface area contributed by atoms with Crippen LogP contribution in [0.2, 0.25) is 0 Å². The Labute approximate surface area is 171 Å². The topological polar surface area (TPSA) is 75.1 Å². The predicted molar refractivity (Wildman–Crippen MR) is 110 cm³/mol. The molecule has 7 heteroatoms. The molecule has 0 bridgehead atoms. The highest BCUT2D eigenvalue weighted by molar-refractivity contribution is 5.94. The summed E-state index contributed by atoms with van der Waals surface area (Å²) in [6, 6.07) is 4.66. The monoisotopic (exact) mass is 394 g/mol. The zero-order valence-electron chi connectivity index (χ0n) is 16.9. The van der Waals surface area contributed by atoms with E-state index in [-0.39, 0.29) is 5.91 Å². The first-order valence-electron chi connectivity index (χ1n) is 11.0. The molecule has 4 heterocycles. The average Bonchev–Trinajstić information content (AvgIpc) is 3.37. The number of hydrogen-bond acceptors (Lipinski definition) is 5. The van der Waals surface area contributed by atoms with Crippen molar-refractivity contribution < 1.29 is 4.79 Å². The van der Waals surface area contributed by atoms with Gasteiger partial charge in [0.05, 0.1) is 17.0 Å². The summed E-state index contributed by atoms with van der Waals surface area (Å²) in [5.74, 6) is 0.629. The molecule has 0 spiro atoms. The molecule has 5 rings (SSSR count). The molecule has 2 fully saturated rings. The molecule has 1 saturated heterocycles. The first-order chi connectivity index (χ1) is 14.2. The number of nitrogens with one attached hydrogen (secondary N) is 2. The van der Waals surface area contributed by atoms with Gasteiger partial charge in [0.15, 0.2) is 0 Å². The second kappa shape index (κ2) is 8.24. The first kappa shape index (κ1) is 18.8. The maximum atomic E-state index is 12.3. The predicted octanol–water partition coefficient (Wildman–Crippen LogP) is 1.73. The highest BCUT2D eigenvalue weighted by Crippen LogP contribution is 2.23. The minimum Gasteiger partial charge on any atom is -0.349 e. The van der Waals surface area contributed by atoms with E-state index in [0.717, 1.165) is 65.0 Å². The third-order valence-electron chi connectivity index (χ3n) is 6.19. The van der Waals surface area contributed by atoms with Gasteiger partial charge in [-0.25, -0.2) is 0 Å². The lowest BCUT2D eigenvalue weighted by molar-refractivity contribution is 0.0950. The van der Waals surface area contributed by atoms with Gasteiger partial charge in [-0.05, 0) is 68.8 Å². The molecule has 1 amide bonds. The molecular weight excluding hydrogens is 364 g/mol. The molecule has 1 atom stereocenters. The number of fused-ring (bicyclic) bond motifs is 1. The van der Waals surface area contributed by atoms with Crippen molar-refractivity contribution in [3.63, 3.8) is 0 Å². The quantitative estimate of drug-likeness (QED) is 0.781. The SMILES string of the molecule is O=C(NC1CC1)c1cncc(CC2CCN(Cc3cc4n(n3)CCCNC4)C2)c1. The lowest BCUT2D eigenvalue weighted by atomic mass is 9.99. The van der Waals surface area contributed by atoms with E-state index < -0.39 is 0 Å². The van der Waals surface area contributed by atoms with Crippen LogP contribution in [0.15, 0.2) is 24.5 Å². The molecule has 29 heavy (non-hydrogen) atoms. The number of aromatic nitrogens is 3. The van der Waals surface area contributed by atoms with Crippen LogP contribution < -0.4 is 10.6 Å². The van der Waals surface area contributed by atoms with E-state index in [1.165, 1.54) is 23.4 Å². The second-order valence-electron chi connectivity index (χ2n) is 8.80. The largest absolute Gasteiger partial charge is 0.349 e. The zero-order chi connectivity index (χ0) is 19.6. The summed E-state index contributed by atoms with van der Waals surface area (Å²) in [4.78, 5) is 19.1. The molecule has 0 aromatic carbocycles. The van der Waals surface area contributed by atoms with Crippen LogP contribution in [-0.2, 0) is 26.1 Å². The fraction of sp³-hybridized carbons (Fsp3) is 0.591. The first-order valence-corrected chi connectivity index (χ1v) is 11.0. The standard InChI is InChI=1S/C22H30N6O/c29-22(25-19-2-3-19)18-9-17(11-24-12-18)8-16-4-7-27(14-16)15-20-10-21-13-23-5-1-6-28(21)26-20/h9-12,16,19,23H,1-8,13-15H2,(H,25,29). The number of likely N-dealkylation sites (tertiary alicyclic amines) is 1. The average molecular weight is 395 g/mol. The minimum absolute atomic E-state index is 0.0175. The van der Waals surface area contributed by atoms with Gasteiger partial charge >= 0.3 is 0 Å². The van der Waals surface area contributed by atoms with Crippen molar-refractivity contribution in [3.8, 4) is 0 Å². The summed E-state index contributed by atoms with van der Waals surface area (Å²) in [6.07, 6.45) is 9.12. The van der Waals surface area contributed by atoms with Crippen LogP contribution in [0.25, 0.3) is 0 Å². The van der Waals surface area contributed by atoms with Crippen LogP contribution in [0.4, 0.5) is 0 Å². The smallest absolute Gasteiger partial charge is 0.253 e. The molecule has 0 radical (unpaired) electrons. The van der Waals surface area contributed by atoms with Gasteiger partial charge in [-0.2, -0.15) is 5.10 Å². The van der Waals surface area contributed by atoms with E-state index in [1.807, 2.05) is 12.3 Å². The van der Waals surface area contributed by atoms with Gasteiger partial charge in [-0.3, -0.25) is 19.4 Å². The van der Waals surface area contributed by atoms with Crippen molar-refractivity contribution in [2.45, 2.75) is 57.8 Å². The van der Waals surface area contributed by atoms with Crippen LogP contribution in [0, 0.1) is 5.92 Å². The van der Waals surface area contributed by atoms with E-state index in [4.69, 9.17) is 5.10 Å². The van der Waals surface area contributed by atoms with E-state index in [1.54, 1.807) is 6.20 Å². The maximum absolute atomic E-state index is 12.3. The molecule has 2 N–H and O–H groups in total. The Hall–Kier alpha value is -2.25. The summed E-state index contributed by atoms with van der Waals surface area (Å²) < 4.78 is 2.17. The molecular formula is C22H30N6O. The van der Waals surface area contributed by atoms with E-state index in [2.05, 4.69) is 31.3 Å². The fourth-order valence-electron chi connectivity index (χ4n) is 4.50. The summed E-state index contributed by atoms with van der Waals surface area (Å²) in [7, 11) is 0. The number of amides is 1. The number of hydrogen-bond donors (Lipinski definition) is 2. The Morgan fingerprint density at radius 1 is 1.21 bits per heavy atom. The van der Waals surface area contributed by atoms with E-state index >= 15 is 0 Å². The summed E-state index contributed by atoms with van der Waals surface area (Å²) in [6.45, 7) is 6.14. The number of rotatable bonds is 6. The van der Waals surface area contributed by atoms with Gasteiger partial charge in [0.1, 0.15) is 0 Å². The van der Waals surface area contributed by atoms with E-state index in [9.17, 15) is 4.79 Å². The van der Waals surface area contributed by atoms with Crippen molar-refractivity contribution in [2.75, 3.05) is 19.6 Å². The lowest BCUT2D eigenvalue weighted by Gasteiger charge is -2.15. The third kappa shape index (κ3) is 4.67. The molecule has 3 aliphatic rings. The summed E-state index contributed by atoms with van der Waals surface area (Å²) in [5.41, 5.74) is 4.35. The number of aryl methyl sites for hydroxylation is 1. The highest BCUT2D eigenvalue weighted by Gasteiger charge is 2.26. The van der Waals surface area contributed by atoms with Crippen LogP contribution in [0.1, 0.15) is 53.0 Å². The zero-order valence-corrected chi connectivity index (χ0v) is 16.9. The van der Waals surface area contributed by atoms with E-state index in [0.29, 0.717) is 17.5 Å². The van der Waals surface area contributed by atoms with Gasteiger partial charge in [-0.1, -0.05) is 0 Å². The molecule has 1 unspecified atom stereocenters. The van der Waals surface area contributed by atoms with Crippen molar-refractivity contribution in [2.24, 2.45) is 5.92 Å². The summed E-state index contributed by atoms with van der Waals surface area (Å²) >= 11 is 0. The normalized spacial score (nSPS) is 22.3. The Balaban J connectivity index is 1.16. The van der Waals surface area contributed by atoms with Crippen molar-refractivity contribution in [1.82, 2.24) is 30.3 Å². The van der Waals surface area contributed by atoms with Gasteiger partial charge in [0.25, 0.3) is 5.91 Å². The van der Waals surface area contributed by atoms with Gasteiger partial charge in [0.2, 0.25) is 0 Å². The number of carbonyl (C=O) groups is 1. The van der Waals surface area contributed by atoms with Gasteiger partial charge in [0, 0.05) is 44.6 Å². The lowest BCUT2D eigenvalue weighted by Crippen LogP contribution is -2.25. The Kier molecular flexibility index (Phi) is 5.33. The second-order valence-corrected chi connectivity index (χ2v) is 8.80. The molecule has 7 nitrogen and oxygen atoms in total. The maximum Gasteiger partial charge on any atom is 0.253 e. The molecule has 154 valence electrons. The van der Waals surface area contributed by atoms with Gasteiger partial charge in [-0.15, -0.1) is 0 Å². The van der Waals surface area contributed by atoms with Crippen LogP contribution >= 0.6 is 0 Å². The van der Waals surface area contributed by atoms with Crippen LogP contribution in [0.3, 0.4) is 0 Å². The van der Waals surface area contributed by atoms with Crippen molar-refractivity contribution in [1.29, 1.82) is 0 Å². The number of pyridine rings is 1. The van der Waals surface area contributed by atoms with Crippen molar-refractivity contribution >= 4 is 5.91 Å². The molecule has 2 aliphatic heterocycles. The van der Waals surface area contributed by atoms with Crippen LogP contribution in [0.5, 0.6) is 0 Å². The van der Waals surface area contributed by atoms with Gasteiger partial charge < -0.3 is 10.6 Å².